The van der Waals surface area contributed by atoms with E-state index in [2.05, 4.69) is 0 Å². The molecule has 1 fully saturated rings. The van der Waals surface area contributed by atoms with Crippen LogP contribution in [0.2, 0.25) is 0 Å². The number of carbonyl (C=O) groups is 2. The molecule has 40 heavy (non-hydrogen) atoms. The molecule has 1 saturated heterocycles. The van der Waals surface area contributed by atoms with Crippen molar-refractivity contribution in [3.63, 3.8) is 0 Å². The molecule has 0 radical (unpaired) electrons. The highest BCUT2D eigenvalue weighted by Crippen LogP contribution is 2.48. The number of amides is 1. The molecule has 0 bridgehead atoms. The number of methoxy groups -OCH3 is 4. The summed E-state index contributed by atoms with van der Waals surface area (Å²) >= 11 is 0. The number of aliphatic hydroxyl groups is 1. The van der Waals surface area contributed by atoms with Gasteiger partial charge in [-0.2, -0.15) is 0 Å². The first-order valence-electron chi connectivity index (χ1n) is 12.8. The smallest absolute Gasteiger partial charge is 0.300 e. The first-order chi connectivity index (χ1) is 19.0. The van der Waals surface area contributed by atoms with Gasteiger partial charge in [0.1, 0.15) is 11.5 Å². The second-order valence-electron chi connectivity index (χ2n) is 10.6. The number of anilines is 1. The van der Waals surface area contributed by atoms with Crippen LogP contribution in [0.3, 0.4) is 0 Å². The molecule has 1 N–H and O–H groups in total. The molecule has 1 unspecified atom stereocenters. The molecule has 0 aromatic heterocycles. The SMILES string of the molecule is COc1ccc(C(C)(C)C)cc1/C(O)=C1\C(=O)C(=O)N(c2cccc(C)c2)C1c1cc(OC)c(OC)c(OC)c1. The van der Waals surface area contributed by atoms with Crippen molar-refractivity contribution in [2.45, 2.75) is 39.2 Å². The van der Waals surface area contributed by atoms with Crippen molar-refractivity contribution in [3.8, 4) is 23.0 Å². The lowest BCUT2D eigenvalue weighted by molar-refractivity contribution is -0.132. The molecular formula is C32H35NO7. The van der Waals surface area contributed by atoms with Crippen molar-refractivity contribution in [2.24, 2.45) is 0 Å². The van der Waals surface area contributed by atoms with Gasteiger partial charge in [0.05, 0.1) is 45.6 Å². The van der Waals surface area contributed by atoms with E-state index >= 15 is 0 Å². The Kier molecular flexibility index (Phi) is 7.82. The van der Waals surface area contributed by atoms with Crippen molar-refractivity contribution >= 4 is 23.1 Å². The van der Waals surface area contributed by atoms with Gasteiger partial charge in [-0.15, -0.1) is 0 Å². The number of ether oxygens (including phenoxy) is 4. The zero-order valence-corrected chi connectivity index (χ0v) is 24.1. The highest BCUT2D eigenvalue weighted by molar-refractivity contribution is 6.51. The number of aliphatic hydroxyl groups excluding tert-OH is 1. The maximum atomic E-state index is 13.7. The Hall–Kier alpha value is -4.46. The molecule has 210 valence electrons. The summed E-state index contributed by atoms with van der Waals surface area (Å²) in [5.74, 6) is -0.497. The lowest BCUT2D eigenvalue weighted by Crippen LogP contribution is -2.29. The van der Waals surface area contributed by atoms with E-state index in [1.165, 1.54) is 33.3 Å². The minimum absolute atomic E-state index is 0.0786. The van der Waals surface area contributed by atoms with Gasteiger partial charge in [0.15, 0.2) is 11.5 Å². The molecule has 0 spiro atoms. The number of hydrogen-bond donors (Lipinski definition) is 1. The molecule has 1 heterocycles. The fourth-order valence-electron chi connectivity index (χ4n) is 4.96. The van der Waals surface area contributed by atoms with Crippen molar-refractivity contribution in [1.29, 1.82) is 0 Å². The minimum Gasteiger partial charge on any atom is -0.507 e. The van der Waals surface area contributed by atoms with E-state index in [-0.39, 0.29) is 16.7 Å². The Morgan fingerprint density at radius 1 is 0.825 bits per heavy atom. The van der Waals surface area contributed by atoms with E-state index in [9.17, 15) is 14.7 Å². The van der Waals surface area contributed by atoms with Gasteiger partial charge in [-0.25, -0.2) is 0 Å². The second kappa shape index (κ2) is 11.0. The van der Waals surface area contributed by atoms with E-state index in [4.69, 9.17) is 18.9 Å². The van der Waals surface area contributed by atoms with Crippen LogP contribution in [0.1, 0.15) is 49.1 Å². The molecule has 1 amide bonds. The Balaban J connectivity index is 2.07. The van der Waals surface area contributed by atoms with Crippen molar-refractivity contribution < 1.29 is 33.6 Å². The van der Waals surface area contributed by atoms with Crippen LogP contribution in [0.4, 0.5) is 5.69 Å². The van der Waals surface area contributed by atoms with Gasteiger partial charge < -0.3 is 24.1 Å². The predicted octanol–water partition coefficient (Wildman–Crippen LogP) is 5.95. The first kappa shape index (κ1) is 28.5. The summed E-state index contributed by atoms with van der Waals surface area (Å²) < 4.78 is 22.2. The summed E-state index contributed by atoms with van der Waals surface area (Å²) in [5.41, 5.74) is 2.82. The van der Waals surface area contributed by atoms with Crippen LogP contribution in [0, 0.1) is 6.92 Å². The third-order valence-electron chi connectivity index (χ3n) is 7.05. The van der Waals surface area contributed by atoms with Gasteiger partial charge in [-0.3, -0.25) is 14.5 Å². The summed E-state index contributed by atoms with van der Waals surface area (Å²) in [5, 5.41) is 11.8. The molecular weight excluding hydrogens is 510 g/mol. The number of carbonyl (C=O) groups excluding carboxylic acids is 2. The van der Waals surface area contributed by atoms with Crippen molar-refractivity contribution in [1.82, 2.24) is 0 Å². The fraction of sp³-hybridized carbons (Fsp3) is 0.312. The van der Waals surface area contributed by atoms with Gasteiger partial charge in [0.25, 0.3) is 11.7 Å². The predicted molar refractivity (Wildman–Crippen MR) is 154 cm³/mol. The zero-order valence-electron chi connectivity index (χ0n) is 24.1. The maximum absolute atomic E-state index is 13.7. The molecule has 1 aliphatic heterocycles. The Morgan fingerprint density at radius 2 is 1.45 bits per heavy atom. The Bertz CT molecular complexity index is 1470. The quantitative estimate of drug-likeness (QED) is 0.223. The average molecular weight is 546 g/mol. The van der Waals surface area contributed by atoms with Crippen molar-refractivity contribution in [3.05, 3.63) is 82.4 Å². The molecule has 1 atom stereocenters. The van der Waals surface area contributed by atoms with Crippen LogP contribution in [-0.4, -0.2) is 45.2 Å². The summed E-state index contributed by atoms with van der Waals surface area (Å²) in [7, 11) is 5.96. The van der Waals surface area contributed by atoms with Gasteiger partial charge in [0.2, 0.25) is 5.75 Å². The molecule has 1 aliphatic rings. The Morgan fingerprint density at radius 3 is 1.98 bits per heavy atom. The third-order valence-corrected chi connectivity index (χ3v) is 7.05. The van der Waals surface area contributed by atoms with Gasteiger partial charge in [-0.1, -0.05) is 39.0 Å². The lowest BCUT2D eigenvalue weighted by Gasteiger charge is -2.27. The summed E-state index contributed by atoms with van der Waals surface area (Å²) in [6, 6.07) is 15.1. The number of hydrogen-bond acceptors (Lipinski definition) is 7. The van der Waals surface area contributed by atoms with Crippen LogP contribution in [-0.2, 0) is 15.0 Å². The number of aryl methyl sites for hydroxylation is 1. The second-order valence-corrected chi connectivity index (χ2v) is 10.6. The molecule has 8 heteroatoms. The average Bonchev–Trinajstić information content (AvgIpc) is 3.20. The number of benzene rings is 3. The van der Waals surface area contributed by atoms with Gasteiger partial charge in [-0.05, 0) is 65.4 Å². The van der Waals surface area contributed by atoms with Crippen LogP contribution < -0.4 is 23.8 Å². The highest BCUT2D eigenvalue weighted by atomic mass is 16.5. The largest absolute Gasteiger partial charge is 0.507 e. The molecule has 8 nitrogen and oxygen atoms in total. The van der Waals surface area contributed by atoms with E-state index in [0.29, 0.717) is 39.8 Å². The maximum Gasteiger partial charge on any atom is 0.300 e. The molecule has 4 rings (SSSR count). The summed E-state index contributed by atoms with van der Waals surface area (Å²) in [4.78, 5) is 28.8. The molecule has 0 saturated carbocycles. The van der Waals surface area contributed by atoms with E-state index in [1.807, 2.05) is 52.0 Å². The van der Waals surface area contributed by atoms with Crippen LogP contribution >= 0.6 is 0 Å². The number of ketones is 1. The van der Waals surface area contributed by atoms with Crippen LogP contribution in [0.15, 0.2) is 60.2 Å². The number of nitrogens with zero attached hydrogens (tertiary/aromatic N) is 1. The third kappa shape index (κ3) is 4.97. The topological polar surface area (TPSA) is 94.5 Å². The van der Waals surface area contributed by atoms with Crippen LogP contribution in [0.25, 0.3) is 5.76 Å². The van der Waals surface area contributed by atoms with Gasteiger partial charge >= 0.3 is 0 Å². The molecule has 3 aromatic carbocycles. The monoisotopic (exact) mass is 545 g/mol. The first-order valence-corrected chi connectivity index (χ1v) is 12.8. The van der Waals surface area contributed by atoms with Crippen molar-refractivity contribution in [2.75, 3.05) is 33.3 Å². The number of Topliss-reactive ketones (excluding diaryl/α,β-unsaturated/α-hetero) is 1. The summed E-state index contributed by atoms with van der Waals surface area (Å²) in [6.07, 6.45) is 0. The standard InChI is InChI=1S/C32H35NO7/c1-18-10-9-11-21(14-18)33-27(19-15-24(38-6)30(40-8)25(16-19)39-7)26(29(35)31(33)36)28(34)22-17-20(32(2,3)4)12-13-23(22)37-5/h9-17,27,34H,1-8H3/b28-26+. The highest BCUT2D eigenvalue weighted by Gasteiger charge is 2.48. The Labute approximate surface area is 234 Å². The molecule has 3 aromatic rings. The fourth-order valence-corrected chi connectivity index (χ4v) is 4.96. The number of rotatable bonds is 7. The van der Waals surface area contributed by atoms with Gasteiger partial charge in [0, 0.05) is 5.69 Å². The van der Waals surface area contributed by atoms with E-state index in [0.717, 1.165) is 11.1 Å². The summed E-state index contributed by atoms with van der Waals surface area (Å²) in [6.45, 7) is 8.04. The van der Waals surface area contributed by atoms with E-state index < -0.39 is 17.7 Å². The van der Waals surface area contributed by atoms with E-state index in [1.54, 1.807) is 30.3 Å². The minimum atomic E-state index is -1.00. The molecule has 0 aliphatic carbocycles. The van der Waals surface area contributed by atoms with Crippen LogP contribution in [0.5, 0.6) is 23.0 Å². The zero-order chi connectivity index (χ0) is 29.4. The normalized spacial score (nSPS) is 16.7. The lowest BCUT2D eigenvalue weighted by atomic mass is 9.85.